The van der Waals surface area contributed by atoms with E-state index in [9.17, 15) is 0 Å². The predicted molar refractivity (Wildman–Crippen MR) is 86.5 cm³/mol. The van der Waals surface area contributed by atoms with Crippen LogP contribution in [-0.4, -0.2) is 38.7 Å². The van der Waals surface area contributed by atoms with Crippen molar-refractivity contribution in [2.24, 2.45) is 4.99 Å². The molecule has 1 aliphatic rings. The van der Waals surface area contributed by atoms with Gasteiger partial charge < -0.3 is 15.5 Å². The second-order valence-corrected chi connectivity index (χ2v) is 5.26. The number of benzene rings is 1. The standard InChI is InChI=1S/C16H26N4/c1-3-4-11-18-16(17-2)19-14-10-12-20(13-14)15-8-6-5-7-9-15/h5-9,14H,3-4,10-13H2,1-2H3,(H2,17,18,19). The molecule has 0 bridgehead atoms. The Morgan fingerprint density at radius 1 is 1.35 bits per heavy atom. The van der Waals surface area contributed by atoms with E-state index < -0.39 is 0 Å². The van der Waals surface area contributed by atoms with E-state index in [0.717, 1.165) is 32.0 Å². The first-order chi connectivity index (χ1) is 9.83. The SMILES string of the molecule is CCCCNC(=NC)NC1CCN(c2ccccc2)C1. The molecule has 110 valence electrons. The maximum atomic E-state index is 4.30. The van der Waals surface area contributed by atoms with Crippen LogP contribution >= 0.6 is 0 Å². The maximum Gasteiger partial charge on any atom is 0.191 e. The quantitative estimate of drug-likeness (QED) is 0.491. The van der Waals surface area contributed by atoms with E-state index in [-0.39, 0.29) is 0 Å². The summed E-state index contributed by atoms with van der Waals surface area (Å²) in [4.78, 5) is 6.72. The molecule has 4 heteroatoms. The lowest BCUT2D eigenvalue weighted by atomic mass is 10.2. The largest absolute Gasteiger partial charge is 0.369 e. The molecule has 1 unspecified atom stereocenters. The monoisotopic (exact) mass is 274 g/mol. The summed E-state index contributed by atoms with van der Waals surface area (Å²) < 4.78 is 0. The highest BCUT2D eigenvalue weighted by Crippen LogP contribution is 2.19. The molecule has 2 N–H and O–H groups in total. The van der Waals surface area contributed by atoms with Crippen molar-refractivity contribution >= 4 is 11.6 Å². The molecule has 0 aromatic heterocycles. The molecule has 1 saturated heterocycles. The molecule has 1 heterocycles. The Kier molecular flexibility index (Phi) is 5.71. The predicted octanol–water partition coefficient (Wildman–Crippen LogP) is 2.23. The minimum Gasteiger partial charge on any atom is -0.369 e. The van der Waals surface area contributed by atoms with Gasteiger partial charge in [0.1, 0.15) is 0 Å². The molecular weight excluding hydrogens is 248 g/mol. The van der Waals surface area contributed by atoms with Gasteiger partial charge in [-0.25, -0.2) is 0 Å². The topological polar surface area (TPSA) is 39.7 Å². The lowest BCUT2D eigenvalue weighted by Crippen LogP contribution is -2.44. The second-order valence-electron chi connectivity index (χ2n) is 5.26. The van der Waals surface area contributed by atoms with Gasteiger partial charge in [0.15, 0.2) is 5.96 Å². The van der Waals surface area contributed by atoms with E-state index in [1.54, 1.807) is 0 Å². The van der Waals surface area contributed by atoms with E-state index in [4.69, 9.17) is 0 Å². The van der Waals surface area contributed by atoms with E-state index in [1.165, 1.54) is 18.5 Å². The first-order valence-electron chi connectivity index (χ1n) is 7.60. The third kappa shape index (κ3) is 4.15. The van der Waals surface area contributed by atoms with E-state index in [2.05, 4.69) is 57.8 Å². The molecular formula is C16H26N4. The lowest BCUT2D eigenvalue weighted by Gasteiger charge is -2.20. The fraction of sp³-hybridized carbons (Fsp3) is 0.562. The van der Waals surface area contributed by atoms with Gasteiger partial charge >= 0.3 is 0 Å². The highest BCUT2D eigenvalue weighted by Gasteiger charge is 2.23. The third-order valence-electron chi connectivity index (χ3n) is 3.70. The van der Waals surface area contributed by atoms with Gasteiger partial charge in [-0.2, -0.15) is 0 Å². The highest BCUT2D eigenvalue weighted by atomic mass is 15.2. The van der Waals surface area contributed by atoms with Gasteiger partial charge in [0.05, 0.1) is 0 Å². The summed E-state index contributed by atoms with van der Waals surface area (Å²) in [5.41, 5.74) is 1.31. The average Bonchev–Trinajstić information content (AvgIpc) is 2.96. The van der Waals surface area contributed by atoms with Gasteiger partial charge in [0.25, 0.3) is 0 Å². The number of hydrogen-bond donors (Lipinski definition) is 2. The van der Waals surface area contributed by atoms with E-state index in [0.29, 0.717) is 6.04 Å². The molecule has 0 radical (unpaired) electrons. The number of guanidine groups is 1. The van der Waals surface area contributed by atoms with Crippen LogP contribution < -0.4 is 15.5 Å². The fourth-order valence-electron chi connectivity index (χ4n) is 2.52. The smallest absolute Gasteiger partial charge is 0.191 e. The normalized spacial score (nSPS) is 19.2. The molecule has 0 saturated carbocycles. The van der Waals surface area contributed by atoms with Crippen LogP contribution in [0.2, 0.25) is 0 Å². The number of para-hydroxylation sites is 1. The zero-order valence-corrected chi connectivity index (χ0v) is 12.6. The fourth-order valence-corrected chi connectivity index (χ4v) is 2.52. The van der Waals surface area contributed by atoms with E-state index in [1.807, 2.05) is 7.05 Å². The maximum absolute atomic E-state index is 4.30. The summed E-state index contributed by atoms with van der Waals surface area (Å²) in [6, 6.07) is 11.1. The number of rotatable bonds is 5. The number of hydrogen-bond acceptors (Lipinski definition) is 2. The highest BCUT2D eigenvalue weighted by molar-refractivity contribution is 5.80. The summed E-state index contributed by atoms with van der Waals surface area (Å²) in [5, 5.41) is 6.89. The first kappa shape index (κ1) is 14.7. The first-order valence-corrected chi connectivity index (χ1v) is 7.60. The molecule has 4 nitrogen and oxygen atoms in total. The van der Waals surface area contributed by atoms with Gasteiger partial charge in [-0.3, -0.25) is 4.99 Å². The van der Waals surface area contributed by atoms with Crippen LogP contribution in [0.4, 0.5) is 5.69 Å². The molecule has 20 heavy (non-hydrogen) atoms. The Balaban J connectivity index is 1.80. The number of aliphatic imine (C=N–C) groups is 1. The van der Waals surface area contributed by atoms with Crippen LogP contribution in [-0.2, 0) is 0 Å². The Labute approximate surface area is 122 Å². The molecule has 0 spiro atoms. The van der Waals surface area contributed by atoms with Crippen molar-refractivity contribution in [3.63, 3.8) is 0 Å². The van der Waals surface area contributed by atoms with Crippen molar-refractivity contribution in [2.45, 2.75) is 32.2 Å². The van der Waals surface area contributed by atoms with E-state index >= 15 is 0 Å². The third-order valence-corrected chi connectivity index (χ3v) is 3.70. The van der Waals surface area contributed by atoms with Gasteiger partial charge in [0.2, 0.25) is 0 Å². The molecule has 0 amide bonds. The van der Waals surface area contributed by atoms with Crippen LogP contribution in [0.3, 0.4) is 0 Å². The second kappa shape index (κ2) is 7.78. The van der Waals surface area contributed by atoms with Crippen molar-refractivity contribution < 1.29 is 0 Å². The van der Waals surface area contributed by atoms with Crippen LogP contribution in [0, 0.1) is 0 Å². The van der Waals surface area contributed by atoms with Crippen LogP contribution in [0.1, 0.15) is 26.2 Å². The Bertz CT molecular complexity index is 416. The molecule has 1 aromatic rings. The van der Waals surface area contributed by atoms with Crippen molar-refractivity contribution in [1.29, 1.82) is 0 Å². The zero-order valence-electron chi connectivity index (χ0n) is 12.6. The lowest BCUT2D eigenvalue weighted by molar-refractivity contribution is 0.641. The zero-order chi connectivity index (χ0) is 14.2. The van der Waals surface area contributed by atoms with Gasteiger partial charge in [-0.15, -0.1) is 0 Å². The molecule has 2 rings (SSSR count). The summed E-state index contributed by atoms with van der Waals surface area (Å²) in [5.74, 6) is 0.929. The Morgan fingerprint density at radius 2 is 2.15 bits per heavy atom. The molecule has 1 fully saturated rings. The van der Waals surface area contributed by atoms with Crippen molar-refractivity contribution in [3.05, 3.63) is 30.3 Å². The van der Waals surface area contributed by atoms with Crippen molar-refractivity contribution in [3.8, 4) is 0 Å². The molecule has 1 aliphatic heterocycles. The number of unbranched alkanes of at least 4 members (excludes halogenated alkanes) is 1. The van der Waals surface area contributed by atoms with Gasteiger partial charge in [-0.1, -0.05) is 31.5 Å². The van der Waals surface area contributed by atoms with Crippen LogP contribution in [0.15, 0.2) is 35.3 Å². The van der Waals surface area contributed by atoms with Gasteiger partial charge in [0, 0.05) is 38.4 Å². The molecule has 0 aliphatic carbocycles. The number of anilines is 1. The molecule has 1 atom stereocenters. The average molecular weight is 274 g/mol. The number of nitrogens with zero attached hydrogens (tertiary/aromatic N) is 2. The minimum absolute atomic E-state index is 0.475. The molecule has 1 aromatic carbocycles. The van der Waals surface area contributed by atoms with Crippen LogP contribution in [0.25, 0.3) is 0 Å². The van der Waals surface area contributed by atoms with Crippen molar-refractivity contribution in [1.82, 2.24) is 10.6 Å². The number of nitrogens with one attached hydrogen (secondary N) is 2. The summed E-state index contributed by atoms with van der Waals surface area (Å²) in [6.07, 6.45) is 3.54. The summed E-state index contributed by atoms with van der Waals surface area (Å²) >= 11 is 0. The van der Waals surface area contributed by atoms with Crippen LogP contribution in [0.5, 0.6) is 0 Å². The van der Waals surface area contributed by atoms with Crippen molar-refractivity contribution in [2.75, 3.05) is 31.6 Å². The van der Waals surface area contributed by atoms with Gasteiger partial charge in [-0.05, 0) is 25.0 Å². The Morgan fingerprint density at radius 3 is 2.85 bits per heavy atom. The summed E-state index contributed by atoms with van der Waals surface area (Å²) in [6.45, 7) is 5.34. The minimum atomic E-state index is 0.475. The Hall–Kier alpha value is -1.71. The summed E-state index contributed by atoms with van der Waals surface area (Å²) in [7, 11) is 1.84.